The summed E-state index contributed by atoms with van der Waals surface area (Å²) in [5.74, 6) is 0.434. The van der Waals surface area contributed by atoms with Crippen LogP contribution >= 0.6 is 11.3 Å². The summed E-state index contributed by atoms with van der Waals surface area (Å²) in [5.41, 5.74) is 0.617. The summed E-state index contributed by atoms with van der Waals surface area (Å²) in [5, 5.41) is 4.76. The number of rotatable bonds is 7. The predicted molar refractivity (Wildman–Crippen MR) is 118 cm³/mol. The van der Waals surface area contributed by atoms with Gasteiger partial charge in [-0.25, -0.2) is 14.8 Å². The highest BCUT2D eigenvalue weighted by Gasteiger charge is 2.30. The molecule has 7 nitrogen and oxygen atoms in total. The van der Waals surface area contributed by atoms with Crippen LogP contribution in [-0.4, -0.2) is 55.2 Å². The maximum atomic E-state index is 13.0. The molecule has 0 aliphatic rings. The van der Waals surface area contributed by atoms with Crippen molar-refractivity contribution in [1.29, 1.82) is 0 Å². The lowest BCUT2D eigenvalue weighted by molar-refractivity contribution is -0.137. The molecule has 0 saturated carbocycles. The molecule has 0 fully saturated rings. The van der Waals surface area contributed by atoms with Crippen LogP contribution in [0.3, 0.4) is 0 Å². The molecule has 0 atom stereocenters. The highest BCUT2D eigenvalue weighted by Crippen LogP contribution is 2.32. The smallest absolute Gasteiger partial charge is 0.416 e. The van der Waals surface area contributed by atoms with E-state index in [9.17, 15) is 18.0 Å². The molecular weight excluding hydrogens is 443 g/mol. The van der Waals surface area contributed by atoms with Gasteiger partial charge in [0.05, 0.1) is 18.4 Å². The molecule has 0 aliphatic carbocycles. The maximum absolute atomic E-state index is 13.0. The molecule has 2 heterocycles. The first-order valence-electron chi connectivity index (χ1n) is 9.54. The number of thiazole rings is 1. The van der Waals surface area contributed by atoms with Crippen LogP contribution < -0.4 is 15.0 Å². The molecule has 3 rings (SSSR count). The topological polar surface area (TPSA) is 70.6 Å². The van der Waals surface area contributed by atoms with Crippen molar-refractivity contribution in [1.82, 2.24) is 14.9 Å². The molecule has 0 bridgehead atoms. The van der Waals surface area contributed by atoms with Gasteiger partial charge < -0.3 is 15.0 Å². The lowest BCUT2D eigenvalue weighted by Crippen LogP contribution is -2.39. The fraction of sp³-hybridized carbons (Fsp3) is 0.286. The number of halogens is 3. The van der Waals surface area contributed by atoms with Gasteiger partial charge in [-0.05, 0) is 38.4 Å². The van der Waals surface area contributed by atoms with E-state index in [4.69, 9.17) is 4.74 Å². The van der Waals surface area contributed by atoms with Crippen LogP contribution in [0.15, 0.2) is 48.0 Å². The molecule has 0 saturated heterocycles. The van der Waals surface area contributed by atoms with E-state index in [1.54, 1.807) is 23.7 Å². The van der Waals surface area contributed by atoms with Crippen molar-refractivity contribution < 1.29 is 22.7 Å². The number of carbonyl (C=O) groups excluding carboxylic acids is 1. The van der Waals surface area contributed by atoms with E-state index in [0.29, 0.717) is 29.8 Å². The van der Waals surface area contributed by atoms with Crippen LogP contribution in [0.5, 0.6) is 5.88 Å². The minimum absolute atomic E-state index is 0.0512. The number of nitrogens with zero attached hydrogens (tertiary/aromatic N) is 4. The van der Waals surface area contributed by atoms with Gasteiger partial charge in [-0.1, -0.05) is 6.07 Å². The summed E-state index contributed by atoms with van der Waals surface area (Å²) < 4.78 is 44.2. The first-order chi connectivity index (χ1) is 15.2. The Morgan fingerprint density at radius 1 is 1.19 bits per heavy atom. The summed E-state index contributed by atoms with van der Waals surface area (Å²) in [6.45, 7) is 0.832. The van der Waals surface area contributed by atoms with Gasteiger partial charge in [0.25, 0.3) is 0 Å². The Labute approximate surface area is 187 Å². The number of pyridine rings is 1. The highest BCUT2D eigenvalue weighted by molar-refractivity contribution is 7.14. The van der Waals surface area contributed by atoms with Crippen molar-refractivity contribution in [3.05, 3.63) is 53.5 Å². The standard InChI is InChI=1S/C21H22F3N5O2S/c1-28(2)9-10-29(19(30)26-16-6-4-5-15(12-16)21(22,23)24)20-27-17(13-32-20)14-7-8-25-18(11-14)31-3/h4-8,11-13H,9-10H2,1-3H3,(H,26,30). The normalized spacial score (nSPS) is 11.5. The van der Waals surface area contributed by atoms with E-state index in [2.05, 4.69) is 15.3 Å². The average molecular weight is 466 g/mol. The third-order valence-corrected chi connectivity index (χ3v) is 5.28. The number of benzene rings is 1. The lowest BCUT2D eigenvalue weighted by atomic mass is 10.2. The molecule has 0 aliphatic heterocycles. The zero-order valence-electron chi connectivity index (χ0n) is 17.7. The molecule has 2 aromatic heterocycles. The van der Waals surface area contributed by atoms with E-state index in [0.717, 1.165) is 17.7 Å². The molecule has 170 valence electrons. The Hall–Kier alpha value is -3.18. The van der Waals surface area contributed by atoms with Crippen LogP contribution in [0, 0.1) is 0 Å². The summed E-state index contributed by atoms with van der Waals surface area (Å²) in [7, 11) is 5.23. The SMILES string of the molecule is COc1cc(-c2csc(N(CCN(C)C)C(=O)Nc3cccc(C(F)(F)F)c3)n2)ccn1. The second-order valence-electron chi connectivity index (χ2n) is 7.07. The van der Waals surface area contributed by atoms with Crippen molar-refractivity contribution in [2.75, 3.05) is 44.5 Å². The van der Waals surface area contributed by atoms with E-state index in [1.807, 2.05) is 19.0 Å². The van der Waals surface area contributed by atoms with Crippen molar-refractivity contribution in [3.63, 3.8) is 0 Å². The minimum atomic E-state index is -4.50. The molecule has 0 spiro atoms. The minimum Gasteiger partial charge on any atom is -0.481 e. The van der Waals surface area contributed by atoms with E-state index >= 15 is 0 Å². The maximum Gasteiger partial charge on any atom is 0.416 e. The molecule has 1 aromatic carbocycles. The molecule has 3 aromatic rings. The second-order valence-corrected chi connectivity index (χ2v) is 7.90. The van der Waals surface area contributed by atoms with Gasteiger partial charge >= 0.3 is 12.2 Å². The van der Waals surface area contributed by atoms with Gasteiger partial charge in [-0.15, -0.1) is 11.3 Å². The molecular formula is C21H22F3N5O2S. The molecule has 2 amide bonds. The third-order valence-electron chi connectivity index (χ3n) is 4.42. The zero-order valence-corrected chi connectivity index (χ0v) is 18.5. The van der Waals surface area contributed by atoms with Crippen LogP contribution in [0.25, 0.3) is 11.3 Å². The number of anilines is 2. The van der Waals surface area contributed by atoms with E-state index < -0.39 is 17.8 Å². The quantitative estimate of drug-likeness (QED) is 0.541. The average Bonchev–Trinajstić information content (AvgIpc) is 3.23. The number of methoxy groups -OCH3 is 1. The number of ether oxygens (including phenoxy) is 1. The van der Waals surface area contributed by atoms with Crippen LogP contribution in [0.4, 0.5) is 28.8 Å². The first kappa shape index (κ1) is 23.5. The number of nitrogens with one attached hydrogen (secondary N) is 1. The number of urea groups is 1. The van der Waals surface area contributed by atoms with Crippen LogP contribution in [-0.2, 0) is 6.18 Å². The first-order valence-corrected chi connectivity index (χ1v) is 10.4. The summed E-state index contributed by atoms with van der Waals surface area (Å²) in [4.78, 5) is 24.9. The van der Waals surface area contributed by atoms with E-state index in [1.165, 1.54) is 35.5 Å². The van der Waals surface area contributed by atoms with Gasteiger partial charge in [-0.2, -0.15) is 13.2 Å². The number of hydrogen-bond acceptors (Lipinski definition) is 6. The molecule has 1 N–H and O–H groups in total. The Morgan fingerprint density at radius 3 is 2.66 bits per heavy atom. The summed E-state index contributed by atoms with van der Waals surface area (Å²) in [6, 6.07) is 7.45. The van der Waals surface area contributed by atoms with E-state index in [-0.39, 0.29) is 5.69 Å². The van der Waals surface area contributed by atoms with Gasteiger partial charge in [0.2, 0.25) is 5.88 Å². The fourth-order valence-electron chi connectivity index (χ4n) is 2.75. The van der Waals surface area contributed by atoms with Crippen molar-refractivity contribution in [3.8, 4) is 17.1 Å². The van der Waals surface area contributed by atoms with Gasteiger partial charge in [0.1, 0.15) is 0 Å². The largest absolute Gasteiger partial charge is 0.481 e. The summed E-state index contributed by atoms with van der Waals surface area (Å²) in [6.07, 6.45) is -2.90. The third kappa shape index (κ3) is 5.95. The van der Waals surface area contributed by atoms with Crippen LogP contribution in [0.1, 0.15) is 5.56 Å². The predicted octanol–water partition coefficient (Wildman–Crippen LogP) is 4.83. The number of amides is 2. The van der Waals surface area contributed by atoms with Crippen molar-refractivity contribution in [2.45, 2.75) is 6.18 Å². The van der Waals surface area contributed by atoms with Crippen molar-refractivity contribution in [2.24, 2.45) is 0 Å². The second kappa shape index (κ2) is 9.96. The van der Waals surface area contributed by atoms with Crippen LogP contribution in [0.2, 0.25) is 0 Å². The Balaban J connectivity index is 1.85. The zero-order chi connectivity index (χ0) is 23.3. The lowest BCUT2D eigenvalue weighted by Gasteiger charge is -2.22. The molecule has 11 heteroatoms. The van der Waals surface area contributed by atoms with Crippen molar-refractivity contribution >= 4 is 28.2 Å². The Kier molecular flexibility index (Phi) is 7.31. The number of alkyl halides is 3. The molecule has 32 heavy (non-hydrogen) atoms. The number of hydrogen-bond donors (Lipinski definition) is 1. The highest BCUT2D eigenvalue weighted by atomic mass is 32.1. The Morgan fingerprint density at radius 2 is 1.97 bits per heavy atom. The monoisotopic (exact) mass is 465 g/mol. The number of aromatic nitrogens is 2. The van der Waals surface area contributed by atoms with Gasteiger partial charge in [0.15, 0.2) is 5.13 Å². The van der Waals surface area contributed by atoms with Gasteiger partial charge in [-0.3, -0.25) is 4.90 Å². The Bertz CT molecular complexity index is 1070. The fourth-order valence-corrected chi connectivity index (χ4v) is 3.61. The van der Waals surface area contributed by atoms with Gasteiger partial charge in [0, 0.05) is 42.0 Å². The summed E-state index contributed by atoms with van der Waals surface area (Å²) >= 11 is 1.26. The molecule has 0 unspecified atom stereocenters. The molecule has 0 radical (unpaired) electrons. The number of likely N-dealkylation sites (N-methyl/N-ethyl adjacent to an activating group) is 1. The number of carbonyl (C=O) groups is 1.